The predicted molar refractivity (Wildman–Crippen MR) is 75.2 cm³/mol. The van der Waals surface area contributed by atoms with Gasteiger partial charge in [-0.05, 0) is 6.08 Å². The lowest BCUT2D eigenvalue weighted by Gasteiger charge is -2.27. The zero-order chi connectivity index (χ0) is 15.2. The van der Waals surface area contributed by atoms with E-state index in [1.165, 1.54) is 13.3 Å². The van der Waals surface area contributed by atoms with Crippen LogP contribution in [0.4, 0.5) is 4.79 Å². The van der Waals surface area contributed by atoms with Gasteiger partial charge >= 0.3 is 6.03 Å². The Morgan fingerprint density at radius 2 is 2.29 bits per heavy atom. The molecule has 1 atom stereocenters. The van der Waals surface area contributed by atoms with Crippen molar-refractivity contribution in [1.82, 2.24) is 10.2 Å². The number of carbonyl (C=O) groups is 3. The number of urea groups is 1. The summed E-state index contributed by atoms with van der Waals surface area (Å²) in [5.41, 5.74) is 0. The molecular formula is C13H16N4O4. The number of dihydropyridines is 1. The Labute approximate surface area is 121 Å². The van der Waals surface area contributed by atoms with Gasteiger partial charge in [0.2, 0.25) is 11.8 Å². The summed E-state index contributed by atoms with van der Waals surface area (Å²) in [7, 11) is 1.51. The van der Waals surface area contributed by atoms with E-state index >= 15 is 0 Å². The number of hydrogen-bond acceptors (Lipinski definition) is 5. The first-order valence-electron chi connectivity index (χ1n) is 6.54. The molecule has 2 aliphatic rings. The molecule has 0 radical (unpaired) electrons. The number of fused-ring (bicyclic) bond motifs is 1. The highest BCUT2D eigenvalue weighted by Gasteiger charge is 2.36. The minimum atomic E-state index is -0.648. The van der Waals surface area contributed by atoms with E-state index in [1.54, 1.807) is 12.2 Å². The minimum absolute atomic E-state index is 0.0845. The number of ether oxygens (including phenoxy) is 1. The molecule has 2 heterocycles. The van der Waals surface area contributed by atoms with Gasteiger partial charge in [-0.25, -0.2) is 9.79 Å². The molecule has 0 spiro atoms. The van der Waals surface area contributed by atoms with Gasteiger partial charge in [-0.2, -0.15) is 4.99 Å². The van der Waals surface area contributed by atoms with Crippen LogP contribution in [0.3, 0.4) is 0 Å². The second kappa shape index (κ2) is 6.89. The maximum Gasteiger partial charge on any atom is 0.352 e. The molecule has 8 nitrogen and oxygen atoms in total. The van der Waals surface area contributed by atoms with Gasteiger partial charge < -0.3 is 10.1 Å². The van der Waals surface area contributed by atoms with E-state index in [0.717, 1.165) is 4.90 Å². The standard InChI is InChI=1S/C13H16N4O4/c1-21-8-4-10(18)14-6-7-17-12(19)9-3-2-5-15-11(9)16-13(17)20/h2-3,5,9H,4,6-8H2,1H3,(H,14,18). The van der Waals surface area contributed by atoms with Crippen LogP contribution in [0.2, 0.25) is 0 Å². The van der Waals surface area contributed by atoms with Crippen molar-refractivity contribution in [3.63, 3.8) is 0 Å². The number of nitrogens with one attached hydrogen (secondary N) is 1. The molecular weight excluding hydrogens is 276 g/mol. The maximum atomic E-state index is 12.2. The summed E-state index contributed by atoms with van der Waals surface area (Å²) >= 11 is 0. The highest BCUT2D eigenvalue weighted by Crippen LogP contribution is 2.18. The lowest BCUT2D eigenvalue weighted by atomic mass is 10.0. The number of hydrogen-bond donors (Lipinski definition) is 1. The second-order valence-corrected chi connectivity index (χ2v) is 4.48. The number of nitrogens with zero attached hydrogens (tertiary/aromatic N) is 3. The van der Waals surface area contributed by atoms with Crippen molar-refractivity contribution in [3.8, 4) is 0 Å². The van der Waals surface area contributed by atoms with Crippen LogP contribution in [0.5, 0.6) is 0 Å². The summed E-state index contributed by atoms with van der Waals surface area (Å²) in [5.74, 6) is -0.964. The topological polar surface area (TPSA) is 100 Å². The molecule has 4 amide bonds. The summed E-state index contributed by atoms with van der Waals surface area (Å²) in [5, 5.41) is 2.62. The first kappa shape index (κ1) is 15.0. The zero-order valence-electron chi connectivity index (χ0n) is 11.6. The molecule has 0 aromatic heterocycles. The summed E-state index contributed by atoms with van der Waals surface area (Å²) in [6, 6.07) is -0.648. The van der Waals surface area contributed by atoms with Crippen LogP contribution in [0.25, 0.3) is 0 Å². The van der Waals surface area contributed by atoms with Crippen molar-refractivity contribution in [2.75, 3.05) is 26.8 Å². The quantitative estimate of drug-likeness (QED) is 0.730. The first-order valence-corrected chi connectivity index (χ1v) is 6.54. The van der Waals surface area contributed by atoms with Gasteiger partial charge in [-0.3, -0.25) is 14.5 Å². The zero-order valence-corrected chi connectivity index (χ0v) is 11.6. The number of aliphatic imine (C=N–C) groups is 2. The van der Waals surface area contributed by atoms with Gasteiger partial charge in [0.25, 0.3) is 0 Å². The van der Waals surface area contributed by atoms with E-state index in [1.807, 2.05) is 0 Å². The van der Waals surface area contributed by atoms with Crippen molar-refractivity contribution < 1.29 is 19.1 Å². The minimum Gasteiger partial charge on any atom is -0.384 e. The molecule has 0 fully saturated rings. The molecule has 8 heteroatoms. The van der Waals surface area contributed by atoms with Crippen molar-refractivity contribution in [1.29, 1.82) is 0 Å². The van der Waals surface area contributed by atoms with Gasteiger partial charge in [0.1, 0.15) is 11.8 Å². The van der Waals surface area contributed by atoms with E-state index in [4.69, 9.17) is 4.74 Å². The Hall–Kier alpha value is -2.35. The number of methoxy groups -OCH3 is 1. The second-order valence-electron chi connectivity index (χ2n) is 4.48. The fourth-order valence-corrected chi connectivity index (χ4v) is 1.95. The molecule has 0 saturated carbocycles. The number of amidine groups is 1. The molecule has 0 aromatic carbocycles. The largest absolute Gasteiger partial charge is 0.384 e. The van der Waals surface area contributed by atoms with Crippen LogP contribution in [0.1, 0.15) is 6.42 Å². The van der Waals surface area contributed by atoms with Crippen LogP contribution in [-0.4, -0.2) is 61.6 Å². The normalized spacial score (nSPS) is 20.3. The van der Waals surface area contributed by atoms with Crippen LogP contribution >= 0.6 is 0 Å². The maximum absolute atomic E-state index is 12.2. The summed E-state index contributed by atoms with van der Waals surface area (Å²) < 4.78 is 4.78. The van der Waals surface area contributed by atoms with Crippen LogP contribution in [0, 0.1) is 5.92 Å². The smallest absolute Gasteiger partial charge is 0.352 e. The predicted octanol–water partition coefficient (Wildman–Crippen LogP) is -0.243. The van der Waals surface area contributed by atoms with Crippen LogP contribution in [-0.2, 0) is 14.3 Å². The van der Waals surface area contributed by atoms with E-state index < -0.39 is 11.9 Å². The van der Waals surface area contributed by atoms with Crippen LogP contribution in [0.15, 0.2) is 22.1 Å². The molecule has 0 bridgehead atoms. The van der Waals surface area contributed by atoms with E-state index in [9.17, 15) is 14.4 Å². The Balaban J connectivity index is 1.89. The number of allylic oxidation sites excluding steroid dienone is 1. The fraction of sp³-hybridized carbons (Fsp3) is 0.462. The third-order valence-corrected chi connectivity index (χ3v) is 3.04. The molecule has 112 valence electrons. The average molecular weight is 292 g/mol. The average Bonchev–Trinajstić information content (AvgIpc) is 2.48. The fourth-order valence-electron chi connectivity index (χ4n) is 1.95. The molecule has 21 heavy (non-hydrogen) atoms. The van der Waals surface area contributed by atoms with E-state index in [-0.39, 0.29) is 37.2 Å². The van der Waals surface area contributed by atoms with Gasteiger partial charge in [0.15, 0.2) is 0 Å². The number of rotatable bonds is 6. The van der Waals surface area contributed by atoms with Crippen molar-refractivity contribution >= 4 is 29.9 Å². The molecule has 2 rings (SSSR count). The summed E-state index contributed by atoms with van der Waals surface area (Å²) in [4.78, 5) is 44.1. The van der Waals surface area contributed by atoms with Crippen LogP contribution < -0.4 is 5.32 Å². The van der Waals surface area contributed by atoms with Crippen molar-refractivity contribution in [2.24, 2.45) is 15.9 Å². The first-order chi connectivity index (χ1) is 10.1. The number of amides is 4. The van der Waals surface area contributed by atoms with Gasteiger partial charge in [-0.1, -0.05) is 6.08 Å². The Kier molecular flexibility index (Phi) is 4.94. The lowest BCUT2D eigenvalue weighted by Crippen LogP contribution is -2.48. The summed E-state index contributed by atoms with van der Waals surface area (Å²) in [6.07, 6.45) is 5.01. The molecule has 0 aromatic rings. The van der Waals surface area contributed by atoms with Gasteiger partial charge in [0, 0.05) is 32.8 Å². The molecule has 2 aliphatic heterocycles. The number of imide groups is 1. The lowest BCUT2D eigenvalue weighted by molar-refractivity contribution is -0.130. The Morgan fingerprint density at radius 1 is 1.48 bits per heavy atom. The SMILES string of the molecule is COCCC(=O)NCCN1C(=O)N=C2N=CC=CC2C1=O. The summed E-state index contributed by atoms with van der Waals surface area (Å²) in [6.45, 7) is 0.595. The Morgan fingerprint density at radius 3 is 3.05 bits per heavy atom. The van der Waals surface area contributed by atoms with E-state index in [0.29, 0.717) is 6.61 Å². The number of carbonyl (C=O) groups excluding carboxylic acids is 3. The molecule has 1 N–H and O–H groups in total. The molecule has 1 unspecified atom stereocenters. The van der Waals surface area contributed by atoms with E-state index in [2.05, 4.69) is 15.3 Å². The van der Waals surface area contributed by atoms with Crippen molar-refractivity contribution in [2.45, 2.75) is 6.42 Å². The third kappa shape index (κ3) is 3.60. The van der Waals surface area contributed by atoms with Crippen molar-refractivity contribution in [3.05, 3.63) is 12.2 Å². The Bertz CT molecular complexity index is 538. The highest BCUT2D eigenvalue weighted by atomic mass is 16.5. The highest BCUT2D eigenvalue weighted by molar-refractivity contribution is 6.19. The third-order valence-electron chi connectivity index (χ3n) is 3.04. The molecule has 0 saturated heterocycles. The van der Waals surface area contributed by atoms with Gasteiger partial charge in [-0.15, -0.1) is 0 Å². The van der Waals surface area contributed by atoms with Gasteiger partial charge in [0.05, 0.1) is 6.61 Å². The molecule has 0 aliphatic carbocycles. The monoisotopic (exact) mass is 292 g/mol.